The number of rotatable bonds is 15. The van der Waals surface area contributed by atoms with E-state index in [0.717, 1.165) is 44.9 Å². The van der Waals surface area contributed by atoms with Crippen LogP contribution >= 0.6 is 0 Å². The highest BCUT2D eigenvalue weighted by Crippen LogP contribution is 2.36. The van der Waals surface area contributed by atoms with Gasteiger partial charge in [0.2, 0.25) is 0 Å². The fourth-order valence-electron chi connectivity index (χ4n) is 3.32. The molecule has 162 valence electrons. The van der Waals surface area contributed by atoms with Gasteiger partial charge in [0.1, 0.15) is 0 Å². The zero-order chi connectivity index (χ0) is 21.8. The van der Waals surface area contributed by atoms with Gasteiger partial charge in [0.25, 0.3) is 0 Å². The third kappa shape index (κ3) is 9.30. The van der Waals surface area contributed by atoms with Crippen LogP contribution in [0.15, 0.2) is 0 Å². The van der Waals surface area contributed by atoms with E-state index in [1.165, 1.54) is 0 Å². The molecule has 0 aliphatic rings. The zero-order valence-electron chi connectivity index (χ0n) is 17.2. The van der Waals surface area contributed by atoms with Gasteiger partial charge in [-0.25, -0.2) is 4.79 Å². The molecule has 0 rings (SSSR count). The predicted octanol–water partition coefficient (Wildman–Crippen LogP) is 3.29. The largest absolute Gasteiger partial charge is 0.481 e. The van der Waals surface area contributed by atoms with Crippen molar-refractivity contribution in [2.24, 2.45) is 5.41 Å². The van der Waals surface area contributed by atoms with Crippen LogP contribution in [0.1, 0.15) is 91.4 Å². The van der Waals surface area contributed by atoms with Gasteiger partial charge < -0.3 is 20.1 Å². The van der Waals surface area contributed by atoms with Crippen molar-refractivity contribution >= 4 is 23.9 Å². The van der Waals surface area contributed by atoms with Gasteiger partial charge in [-0.15, -0.1) is 0 Å². The van der Waals surface area contributed by atoms with Gasteiger partial charge in [0, 0.05) is 6.42 Å². The van der Waals surface area contributed by atoms with Gasteiger partial charge in [-0.05, 0) is 18.3 Å². The number of ether oxygens (including phenoxy) is 1. The first kappa shape index (κ1) is 26.0. The molecule has 0 aromatic rings. The van der Waals surface area contributed by atoms with Crippen molar-refractivity contribution in [2.75, 3.05) is 0 Å². The molecular weight excluding hydrogens is 368 g/mol. The van der Waals surface area contributed by atoms with Gasteiger partial charge in [0.15, 0.2) is 5.60 Å². The summed E-state index contributed by atoms with van der Waals surface area (Å²) in [6.07, 6.45) is 5.75. The summed E-state index contributed by atoms with van der Waals surface area (Å²) >= 11 is 0. The Bertz CT molecular complexity index is 530. The quantitative estimate of drug-likeness (QED) is 0.215. The molecule has 1 atom stereocenters. The summed E-state index contributed by atoms with van der Waals surface area (Å²) in [5.74, 6) is -5.50. The number of aliphatic hydroxyl groups is 1. The number of hydrogen-bond donors (Lipinski definition) is 3. The molecule has 0 saturated heterocycles. The van der Waals surface area contributed by atoms with E-state index in [1.54, 1.807) is 0 Å². The van der Waals surface area contributed by atoms with E-state index in [2.05, 4.69) is 25.5 Å². The Hall–Kier alpha value is -1.96. The summed E-state index contributed by atoms with van der Waals surface area (Å²) in [6, 6.07) is 0. The Kier molecular flexibility index (Phi) is 11.6. The molecule has 28 heavy (non-hydrogen) atoms. The van der Waals surface area contributed by atoms with Crippen LogP contribution in [0.3, 0.4) is 0 Å². The van der Waals surface area contributed by atoms with Crippen LogP contribution in [0.4, 0.5) is 0 Å². The summed E-state index contributed by atoms with van der Waals surface area (Å²) in [6.45, 7) is 6.63. The molecule has 1 unspecified atom stereocenters. The molecule has 8 nitrogen and oxygen atoms in total. The number of hydrogen-bond acceptors (Lipinski definition) is 6. The van der Waals surface area contributed by atoms with Crippen molar-refractivity contribution in [2.45, 2.75) is 97.0 Å². The fourth-order valence-corrected chi connectivity index (χ4v) is 3.32. The molecule has 0 aromatic carbocycles. The molecule has 0 heterocycles. The van der Waals surface area contributed by atoms with E-state index < -0.39 is 42.3 Å². The van der Waals surface area contributed by atoms with Crippen LogP contribution in [0, 0.1) is 5.41 Å². The summed E-state index contributed by atoms with van der Waals surface area (Å²) in [4.78, 5) is 44.9. The van der Waals surface area contributed by atoms with E-state index in [9.17, 15) is 24.3 Å². The lowest BCUT2D eigenvalue weighted by Crippen LogP contribution is -2.43. The second-order valence-corrected chi connectivity index (χ2v) is 7.40. The topological polar surface area (TPSA) is 138 Å². The standard InChI is InChI=1S/C20H34O8/c1-4-19(5-2,6-3)12-10-8-7-9-11-16(23)28-17(24)14-20(27,18(25)26)13-15(21)22/h27H,4-14H2,1-3H3,(H,21,22)(H,25,26). The Balaban J connectivity index is 4.20. The zero-order valence-corrected chi connectivity index (χ0v) is 17.2. The highest BCUT2D eigenvalue weighted by molar-refractivity contribution is 5.92. The average molecular weight is 402 g/mol. The summed E-state index contributed by atoms with van der Waals surface area (Å²) in [5, 5.41) is 27.3. The maximum atomic E-state index is 11.7. The summed E-state index contributed by atoms with van der Waals surface area (Å²) < 4.78 is 4.50. The van der Waals surface area contributed by atoms with Crippen molar-refractivity contribution in [1.82, 2.24) is 0 Å². The predicted molar refractivity (Wildman–Crippen MR) is 102 cm³/mol. The lowest BCUT2D eigenvalue weighted by atomic mass is 9.75. The molecule has 3 N–H and O–H groups in total. The summed E-state index contributed by atoms with van der Waals surface area (Å²) in [7, 11) is 0. The smallest absolute Gasteiger partial charge is 0.336 e. The number of carboxylic acid groups (broad SMARTS) is 2. The lowest BCUT2D eigenvalue weighted by molar-refractivity contribution is -0.174. The van der Waals surface area contributed by atoms with Gasteiger partial charge in [-0.1, -0.05) is 59.3 Å². The van der Waals surface area contributed by atoms with E-state index >= 15 is 0 Å². The number of esters is 2. The van der Waals surface area contributed by atoms with Crippen molar-refractivity contribution in [3.8, 4) is 0 Å². The Morgan fingerprint density at radius 3 is 1.79 bits per heavy atom. The minimum Gasteiger partial charge on any atom is -0.481 e. The lowest BCUT2D eigenvalue weighted by Gasteiger charge is -2.30. The van der Waals surface area contributed by atoms with E-state index in [-0.39, 0.29) is 6.42 Å². The average Bonchev–Trinajstić information content (AvgIpc) is 2.60. The first-order valence-corrected chi connectivity index (χ1v) is 9.95. The first-order valence-electron chi connectivity index (χ1n) is 9.95. The molecular formula is C20H34O8. The highest BCUT2D eigenvalue weighted by Gasteiger charge is 2.41. The number of aliphatic carboxylic acids is 2. The van der Waals surface area contributed by atoms with Crippen molar-refractivity contribution in [1.29, 1.82) is 0 Å². The Morgan fingerprint density at radius 1 is 0.786 bits per heavy atom. The maximum absolute atomic E-state index is 11.7. The van der Waals surface area contributed by atoms with Gasteiger partial charge in [-0.3, -0.25) is 14.4 Å². The van der Waals surface area contributed by atoms with Crippen molar-refractivity contribution in [3.05, 3.63) is 0 Å². The van der Waals surface area contributed by atoms with E-state index in [0.29, 0.717) is 11.8 Å². The summed E-state index contributed by atoms with van der Waals surface area (Å²) in [5.41, 5.74) is -2.41. The molecule has 8 heteroatoms. The number of carbonyl (C=O) groups is 4. The third-order valence-corrected chi connectivity index (χ3v) is 5.59. The Labute approximate surface area is 166 Å². The van der Waals surface area contributed by atoms with Crippen LogP contribution < -0.4 is 0 Å². The molecule has 0 radical (unpaired) electrons. The highest BCUT2D eigenvalue weighted by atomic mass is 16.6. The van der Waals surface area contributed by atoms with E-state index in [1.807, 2.05) is 0 Å². The van der Waals surface area contributed by atoms with Crippen LogP contribution in [-0.2, 0) is 23.9 Å². The Morgan fingerprint density at radius 2 is 1.32 bits per heavy atom. The number of unbranched alkanes of at least 4 members (excludes halogenated alkanes) is 3. The minimum atomic E-state index is -2.80. The molecule has 0 saturated carbocycles. The van der Waals surface area contributed by atoms with Crippen LogP contribution in [-0.4, -0.2) is 44.8 Å². The van der Waals surface area contributed by atoms with Crippen molar-refractivity contribution < 1.29 is 39.2 Å². The van der Waals surface area contributed by atoms with E-state index in [4.69, 9.17) is 10.2 Å². The monoisotopic (exact) mass is 402 g/mol. The second-order valence-electron chi connectivity index (χ2n) is 7.40. The number of carbonyl (C=O) groups excluding carboxylic acids is 2. The fraction of sp³-hybridized carbons (Fsp3) is 0.800. The molecule has 0 amide bonds. The molecule has 0 fully saturated rings. The first-order chi connectivity index (χ1) is 13.0. The van der Waals surface area contributed by atoms with Crippen LogP contribution in [0.2, 0.25) is 0 Å². The minimum absolute atomic E-state index is 0.0106. The molecule has 0 aliphatic heterocycles. The maximum Gasteiger partial charge on any atom is 0.336 e. The molecule has 0 aromatic heterocycles. The van der Waals surface area contributed by atoms with Gasteiger partial charge in [0.05, 0.1) is 12.8 Å². The van der Waals surface area contributed by atoms with Gasteiger partial charge >= 0.3 is 23.9 Å². The normalized spacial score (nSPS) is 13.6. The number of carboxylic acids is 2. The van der Waals surface area contributed by atoms with Gasteiger partial charge in [-0.2, -0.15) is 0 Å². The SMILES string of the molecule is CCC(CC)(CC)CCCCCCC(=O)OC(=O)CC(O)(CC(=O)O)C(=O)O. The molecule has 0 bridgehead atoms. The third-order valence-electron chi connectivity index (χ3n) is 5.59. The van der Waals surface area contributed by atoms with Crippen LogP contribution in [0.25, 0.3) is 0 Å². The van der Waals surface area contributed by atoms with Crippen molar-refractivity contribution in [3.63, 3.8) is 0 Å². The molecule has 0 aliphatic carbocycles. The van der Waals surface area contributed by atoms with Crippen LogP contribution in [0.5, 0.6) is 0 Å². The molecule has 0 spiro atoms. The second kappa shape index (κ2) is 12.5.